The van der Waals surface area contributed by atoms with Gasteiger partial charge in [0, 0.05) is 13.7 Å². The van der Waals surface area contributed by atoms with Crippen molar-refractivity contribution in [2.75, 3.05) is 26.8 Å². The van der Waals surface area contributed by atoms with Crippen molar-refractivity contribution >= 4 is 5.91 Å². The fourth-order valence-electron chi connectivity index (χ4n) is 2.65. The minimum absolute atomic E-state index is 0.108. The number of rotatable bonds is 5. The lowest BCUT2D eigenvalue weighted by Crippen LogP contribution is -2.42. The third-order valence-corrected chi connectivity index (χ3v) is 4.08. The van der Waals surface area contributed by atoms with Gasteiger partial charge in [-0.1, -0.05) is 0 Å². The highest BCUT2D eigenvalue weighted by Gasteiger charge is 2.41. The fourth-order valence-corrected chi connectivity index (χ4v) is 2.65. The van der Waals surface area contributed by atoms with Crippen molar-refractivity contribution in [2.45, 2.75) is 12.0 Å². The van der Waals surface area contributed by atoms with E-state index in [2.05, 4.69) is 9.97 Å². The van der Waals surface area contributed by atoms with Crippen LogP contribution in [0, 0.1) is 5.82 Å². The monoisotopic (exact) mass is 319 g/mol. The molecule has 122 valence electrons. The van der Waals surface area contributed by atoms with E-state index >= 15 is 0 Å². The molecule has 0 saturated carbocycles. The fraction of sp³-hybridized carbons (Fsp3) is 0.375. The van der Waals surface area contributed by atoms with Gasteiger partial charge in [-0.3, -0.25) is 4.79 Å². The number of carbonyl (C=O) groups excluding carboxylic acids is 1. The van der Waals surface area contributed by atoms with Gasteiger partial charge < -0.3 is 19.4 Å². The minimum Gasteiger partial charge on any atom is -0.491 e. The molecule has 1 aromatic heterocycles. The van der Waals surface area contributed by atoms with Crippen LogP contribution in [0.3, 0.4) is 0 Å². The number of carbonyl (C=O) groups is 1. The number of hydrogen-bond donors (Lipinski definition) is 1. The Hall–Kier alpha value is -2.41. The van der Waals surface area contributed by atoms with E-state index < -0.39 is 5.60 Å². The van der Waals surface area contributed by atoms with E-state index in [1.165, 1.54) is 24.7 Å². The van der Waals surface area contributed by atoms with Crippen LogP contribution in [-0.4, -0.2) is 53.2 Å². The molecule has 0 unspecified atom stereocenters. The number of nitrogens with zero attached hydrogens (tertiary/aromatic N) is 2. The van der Waals surface area contributed by atoms with Crippen LogP contribution in [0.25, 0.3) is 0 Å². The van der Waals surface area contributed by atoms with Crippen LogP contribution in [0.4, 0.5) is 4.39 Å². The standard InChI is InChI=1S/C16H18FN3O3/c1-22-16(10-23-13-4-2-12(17)3-5-13)6-7-20(9-16)15(21)14-8-18-11-19-14/h2-5,8,11H,6-7,9-10H2,1H3,(H,18,19)/t16-/m0/s1. The van der Waals surface area contributed by atoms with Gasteiger partial charge in [-0.05, 0) is 30.7 Å². The van der Waals surface area contributed by atoms with Gasteiger partial charge >= 0.3 is 0 Å². The molecule has 2 heterocycles. The minimum atomic E-state index is -0.565. The summed E-state index contributed by atoms with van der Waals surface area (Å²) >= 11 is 0. The number of H-pyrrole nitrogens is 1. The van der Waals surface area contributed by atoms with E-state index in [4.69, 9.17) is 9.47 Å². The predicted molar refractivity (Wildman–Crippen MR) is 80.7 cm³/mol. The molecular weight excluding hydrogens is 301 g/mol. The predicted octanol–water partition coefficient (Wildman–Crippen LogP) is 1.86. The van der Waals surface area contributed by atoms with Crippen LogP contribution in [0.15, 0.2) is 36.8 Å². The second-order valence-corrected chi connectivity index (χ2v) is 5.57. The lowest BCUT2D eigenvalue weighted by Gasteiger charge is -2.27. The maximum atomic E-state index is 12.9. The molecule has 1 fully saturated rings. The molecule has 2 aromatic rings. The number of likely N-dealkylation sites (tertiary alicyclic amines) is 1. The average Bonchev–Trinajstić information content (AvgIpc) is 3.24. The SMILES string of the molecule is CO[C@@]1(COc2ccc(F)cc2)CCN(C(=O)c2cnc[nH]2)C1. The second-order valence-electron chi connectivity index (χ2n) is 5.57. The quantitative estimate of drug-likeness (QED) is 0.913. The molecule has 1 aliphatic heterocycles. The van der Waals surface area contributed by atoms with Gasteiger partial charge in [-0.2, -0.15) is 0 Å². The highest BCUT2D eigenvalue weighted by atomic mass is 19.1. The third kappa shape index (κ3) is 3.34. The van der Waals surface area contributed by atoms with Crippen molar-refractivity contribution in [1.82, 2.24) is 14.9 Å². The van der Waals surface area contributed by atoms with Crippen LogP contribution in [0.5, 0.6) is 5.75 Å². The zero-order valence-electron chi connectivity index (χ0n) is 12.8. The molecule has 1 saturated heterocycles. The number of aromatic nitrogens is 2. The Morgan fingerprint density at radius 1 is 1.43 bits per heavy atom. The molecule has 0 bridgehead atoms. The number of ether oxygens (including phenoxy) is 2. The van der Waals surface area contributed by atoms with Crippen molar-refractivity contribution in [1.29, 1.82) is 0 Å². The molecule has 1 amide bonds. The van der Waals surface area contributed by atoms with Crippen LogP contribution >= 0.6 is 0 Å². The number of halogens is 1. The Morgan fingerprint density at radius 2 is 2.22 bits per heavy atom. The van der Waals surface area contributed by atoms with Crippen molar-refractivity contribution in [3.8, 4) is 5.75 Å². The molecule has 1 N–H and O–H groups in total. The van der Waals surface area contributed by atoms with E-state index in [0.29, 0.717) is 37.6 Å². The first-order chi connectivity index (χ1) is 11.1. The largest absolute Gasteiger partial charge is 0.491 e. The molecule has 1 aromatic carbocycles. The number of hydrogen-bond acceptors (Lipinski definition) is 4. The molecule has 0 radical (unpaired) electrons. The first-order valence-electron chi connectivity index (χ1n) is 7.33. The van der Waals surface area contributed by atoms with Crippen LogP contribution in [0.1, 0.15) is 16.9 Å². The van der Waals surface area contributed by atoms with Crippen LogP contribution in [0.2, 0.25) is 0 Å². The Bertz CT molecular complexity index is 660. The number of benzene rings is 1. The van der Waals surface area contributed by atoms with Crippen LogP contribution in [-0.2, 0) is 4.74 Å². The maximum Gasteiger partial charge on any atom is 0.272 e. The maximum absolute atomic E-state index is 12.9. The summed E-state index contributed by atoms with van der Waals surface area (Å²) in [5.41, 5.74) is -0.110. The average molecular weight is 319 g/mol. The summed E-state index contributed by atoms with van der Waals surface area (Å²) in [6.45, 7) is 1.31. The highest BCUT2D eigenvalue weighted by Crippen LogP contribution is 2.27. The van der Waals surface area contributed by atoms with Crippen molar-refractivity contribution in [3.05, 3.63) is 48.3 Å². The number of aromatic amines is 1. The van der Waals surface area contributed by atoms with Crippen LogP contribution < -0.4 is 4.74 Å². The zero-order chi connectivity index (χ0) is 16.3. The first-order valence-corrected chi connectivity index (χ1v) is 7.33. The lowest BCUT2D eigenvalue weighted by molar-refractivity contribution is -0.0343. The zero-order valence-corrected chi connectivity index (χ0v) is 12.8. The Morgan fingerprint density at radius 3 is 2.87 bits per heavy atom. The molecule has 0 spiro atoms. The van der Waals surface area contributed by atoms with Crippen molar-refractivity contribution in [2.24, 2.45) is 0 Å². The summed E-state index contributed by atoms with van der Waals surface area (Å²) < 4.78 is 24.2. The van der Waals surface area contributed by atoms with E-state index in [9.17, 15) is 9.18 Å². The molecule has 23 heavy (non-hydrogen) atoms. The van der Waals surface area contributed by atoms with Gasteiger partial charge in [0.15, 0.2) is 0 Å². The van der Waals surface area contributed by atoms with Gasteiger partial charge in [0.05, 0.1) is 19.1 Å². The Kier molecular flexibility index (Phi) is 4.29. The van der Waals surface area contributed by atoms with Gasteiger partial charge in [0.2, 0.25) is 0 Å². The number of imidazole rings is 1. The van der Waals surface area contributed by atoms with E-state index in [-0.39, 0.29) is 11.7 Å². The summed E-state index contributed by atoms with van der Waals surface area (Å²) in [5, 5.41) is 0. The van der Waals surface area contributed by atoms with Gasteiger partial charge in [0.1, 0.15) is 29.5 Å². The molecule has 3 rings (SSSR count). The van der Waals surface area contributed by atoms with E-state index in [1.807, 2.05) is 0 Å². The van der Waals surface area contributed by atoms with Crippen molar-refractivity contribution in [3.63, 3.8) is 0 Å². The normalized spacial score (nSPS) is 20.7. The van der Waals surface area contributed by atoms with Gasteiger partial charge in [0.25, 0.3) is 5.91 Å². The lowest BCUT2D eigenvalue weighted by atomic mass is 10.0. The summed E-state index contributed by atoms with van der Waals surface area (Å²) in [5.74, 6) is 0.153. The summed E-state index contributed by atoms with van der Waals surface area (Å²) in [7, 11) is 1.61. The summed E-state index contributed by atoms with van der Waals surface area (Å²) in [6, 6.07) is 5.83. The van der Waals surface area contributed by atoms with E-state index in [0.717, 1.165) is 0 Å². The molecule has 6 nitrogen and oxygen atoms in total. The highest BCUT2D eigenvalue weighted by molar-refractivity contribution is 5.92. The number of methoxy groups -OCH3 is 1. The van der Waals surface area contributed by atoms with Gasteiger partial charge in [-0.25, -0.2) is 9.37 Å². The smallest absolute Gasteiger partial charge is 0.272 e. The first kappa shape index (κ1) is 15.5. The molecule has 0 aliphatic carbocycles. The van der Waals surface area contributed by atoms with E-state index in [1.54, 1.807) is 24.1 Å². The molecule has 1 aliphatic rings. The molecular formula is C16H18FN3O3. The molecule has 1 atom stereocenters. The summed E-state index contributed by atoms with van der Waals surface area (Å²) in [6.07, 6.45) is 3.65. The topological polar surface area (TPSA) is 67.5 Å². The van der Waals surface area contributed by atoms with Crippen molar-refractivity contribution < 1.29 is 18.7 Å². The Labute approximate surface area is 133 Å². The second kappa shape index (κ2) is 6.37. The Balaban J connectivity index is 1.63. The molecule has 7 heteroatoms. The number of nitrogens with one attached hydrogen (secondary N) is 1. The van der Waals surface area contributed by atoms with Gasteiger partial charge in [-0.15, -0.1) is 0 Å². The third-order valence-electron chi connectivity index (χ3n) is 4.08. The number of amides is 1. The summed E-state index contributed by atoms with van der Waals surface area (Å²) in [4.78, 5) is 20.7.